The first-order valence-corrected chi connectivity index (χ1v) is 6.50. The molecule has 0 aliphatic carbocycles. The molecule has 0 spiro atoms. The fourth-order valence-corrected chi connectivity index (χ4v) is 2.09. The number of nitrogens with two attached hydrogens (primary N) is 1. The summed E-state index contributed by atoms with van der Waals surface area (Å²) in [7, 11) is 1.65. The quantitative estimate of drug-likeness (QED) is 0.912. The normalized spacial score (nSPS) is 11.0. The number of hydrogen-bond donors (Lipinski definition) is 1. The number of rotatable bonds is 4. The molecule has 1 aromatic heterocycles. The van der Waals surface area contributed by atoms with Gasteiger partial charge in [0.05, 0.1) is 18.4 Å². The number of nitrogens with zero attached hydrogens (tertiary/aromatic N) is 1. The van der Waals surface area contributed by atoms with Crippen LogP contribution in [0.2, 0.25) is 0 Å². The molecule has 0 unspecified atom stereocenters. The number of aromatic nitrogens is 1. The highest BCUT2D eigenvalue weighted by molar-refractivity contribution is 5.69. The molecule has 0 amide bonds. The number of aryl methyl sites for hydroxylation is 1. The minimum atomic E-state index is 0.197. The van der Waals surface area contributed by atoms with Gasteiger partial charge >= 0.3 is 0 Å². The molecule has 0 radical (unpaired) electrons. The second-order valence-corrected chi connectivity index (χ2v) is 4.81. The summed E-state index contributed by atoms with van der Waals surface area (Å²) in [4.78, 5) is 4.27. The molecule has 4 heteroatoms. The van der Waals surface area contributed by atoms with Gasteiger partial charge in [-0.05, 0) is 30.0 Å². The van der Waals surface area contributed by atoms with E-state index in [0.29, 0.717) is 5.76 Å². The van der Waals surface area contributed by atoms with Gasteiger partial charge in [0, 0.05) is 0 Å². The Labute approximate surface area is 113 Å². The lowest BCUT2D eigenvalue weighted by molar-refractivity contribution is 0.414. The second kappa shape index (κ2) is 5.34. The molecule has 2 rings (SSSR count). The number of anilines is 1. The van der Waals surface area contributed by atoms with Crippen molar-refractivity contribution < 1.29 is 9.15 Å². The van der Waals surface area contributed by atoms with Crippen LogP contribution in [0, 0.1) is 0 Å². The van der Waals surface area contributed by atoms with Gasteiger partial charge in [0.15, 0.2) is 5.76 Å². The molecule has 19 heavy (non-hydrogen) atoms. The maximum absolute atomic E-state index is 5.70. The van der Waals surface area contributed by atoms with Gasteiger partial charge in [-0.25, -0.2) is 0 Å². The summed E-state index contributed by atoms with van der Waals surface area (Å²) in [6, 6.07) is 6.28. The molecule has 0 aliphatic rings. The van der Waals surface area contributed by atoms with Crippen molar-refractivity contribution in [2.75, 3.05) is 12.8 Å². The van der Waals surface area contributed by atoms with Crippen molar-refractivity contribution in [1.82, 2.24) is 4.98 Å². The second-order valence-electron chi connectivity index (χ2n) is 4.81. The van der Waals surface area contributed by atoms with Crippen molar-refractivity contribution in [1.29, 1.82) is 0 Å². The molecule has 0 bridgehead atoms. The van der Waals surface area contributed by atoms with Gasteiger partial charge < -0.3 is 14.9 Å². The Balaban J connectivity index is 2.62. The highest BCUT2D eigenvalue weighted by Crippen LogP contribution is 2.37. The van der Waals surface area contributed by atoms with Gasteiger partial charge in [0.25, 0.3) is 6.01 Å². The molecule has 102 valence electrons. The third-order valence-electron chi connectivity index (χ3n) is 3.13. The van der Waals surface area contributed by atoms with E-state index in [0.717, 1.165) is 23.4 Å². The van der Waals surface area contributed by atoms with Crippen molar-refractivity contribution >= 4 is 6.01 Å². The highest BCUT2D eigenvalue weighted by Gasteiger charge is 2.20. The van der Waals surface area contributed by atoms with E-state index in [1.807, 2.05) is 6.07 Å². The summed E-state index contributed by atoms with van der Waals surface area (Å²) in [5.74, 6) is 1.72. The Morgan fingerprint density at radius 2 is 2.11 bits per heavy atom. The molecule has 0 saturated heterocycles. The van der Waals surface area contributed by atoms with Crippen LogP contribution in [0.15, 0.2) is 22.6 Å². The zero-order valence-corrected chi connectivity index (χ0v) is 11.9. The predicted octanol–water partition coefficient (Wildman–Crippen LogP) is 3.62. The summed E-state index contributed by atoms with van der Waals surface area (Å²) >= 11 is 0. The monoisotopic (exact) mass is 260 g/mol. The fourth-order valence-electron chi connectivity index (χ4n) is 2.09. The summed E-state index contributed by atoms with van der Waals surface area (Å²) in [6.45, 7) is 6.25. The summed E-state index contributed by atoms with van der Waals surface area (Å²) in [5, 5.41) is 0. The summed E-state index contributed by atoms with van der Waals surface area (Å²) < 4.78 is 11.0. The maximum Gasteiger partial charge on any atom is 0.292 e. The predicted molar refractivity (Wildman–Crippen MR) is 76.4 cm³/mol. The highest BCUT2D eigenvalue weighted by atomic mass is 16.5. The SMILES string of the molecule is CCc1ccc(OC)c(-c2oc(N)nc2C(C)C)c1. The molecule has 2 N–H and O–H groups in total. The first-order valence-electron chi connectivity index (χ1n) is 6.50. The fraction of sp³-hybridized carbons (Fsp3) is 0.400. The largest absolute Gasteiger partial charge is 0.496 e. The minimum Gasteiger partial charge on any atom is -0.496 e. The van der Waals surface area contributed by atoms with Crippen molar-refractivity contribution in [3.8, 4) is 17.1 Å². The van der Waals surface area contributed by atoms with Crippen LogP contribution in [0.4, 0.5) is 6.01 Å². The van der Waals surface area contributed by atoms with Gasteiger partial charge in [0.2, 0.25) is 0 Å². The average Bonchev–Trinajstić information content (AvgIpc) is 2.80. The smallest absolute Gasteiger partial charge is 0.292 e. The van der Waals surface area contributed by atoms with E-state index in [4.69, 9.17) is 14.9 Å². The van der Waals surface area contributed by atoms with Gasteiger partial charge in [-0.3, -0.25) is 0 Å². The number of nitrogen functional groups attached to an aromatic ring is 1. The molecule has 0 fully saturated rings. The summed E-state index contributed by atoms with van der Waals surface area (Å²) in [5.41, 5.74) is 8.70. The number of benzene rings is 1. The summed E-state index contributed by atoms with van der Waals surface area (Å²) in [6.07, 6.45) is 0.956. The lowest BCUT2D eigenvalue weighted by atomic mass is 10.0. The van der Waals surface area contributed by atoms with Crippen LogP contribution >= 0.6 is 0 Å². The third-order valence-corrected chi connectivity index (χ3v) is 3.13. The van der Waals surface area contributed by atoms with E-state index in [9.17, 15) is 0 Å². The standard InChI is InChI=1S/C15H20N2O2/c1-5-10-6-7-12(18-4)11(8-10)14-13(9(2)3)17-15(16)19-14/h6-9H,5H2,1-4H3,(H2,16,17). The molecular weight excluding hydrogens is 240 g/mol. The number of methoxy groups -OCH3 is 1. The van der Waals surface area contributed by atoms with Crippen LogP contribution in [-0.2, 0) is 6.42 Å². The van der Waals surface area contributed by atoms with Gasteiger partial charge in [0.1, 0.15) is 5.75 Å². The zero-order valence-electron chi connectivity index (χ0n) is 11.9. The zero-order chi connectivity index (χ0) is 14.0. The van der Waals surface area contributed by atoms with E-state index in [1.165, 1.54) is 5.56 Å². The van der Waals surface area contributed by atoms with E-state index in [1.54, 1.807) is 7.11 Å². The molecule has 0 saturated carbocycles. The minimum absolute atomic E-state index is 0.197. The van der Waals surface area contributed by atoms with Crippen molar-refractivity contribution in [3.63, 3.8) is 0 Å². The Hall–Kier alpha value is -1.97. The van der Waals surface area contributed by atoms with Crippen LogP contribution in [0.5, 0.6) is 5.75 Å². The molecule has 1 heterocycles. The van der Waals surface area contributed by atoms with Crippen molar-refractivity contribution in [2.24, 2.45) is 0 Å². The van der Waals surface area contributed by atoms with E-state index in [2.05, 4.69) is 37.9 Å². The third kappa shape index (κ3) is 2.57. The molecular formula is C15H20N2O2. The van der Waals surface area contributed by atoms with Crippen LogP contribution < -0.4 is 10.5 Å². The molecule has 2 aromatic rings. The maximum atomic E-state index is 5.70. The molecule has 1 aromatic carbocycles. The molecule has 0 aliphatic heterocycles. The van der Waals surface area contributed by atoms with E-state index in [-0.39, 0.29) is 11.9 Å². The van der Waals surface area contributed by atoms with Gasteiger partial charge in [-0.15, -0.1) is 0 Å². The van der Waals surface area contributed by atoms with Crippen molar-refractivity contribution in [3.05, 3.63) is 29.5 Å². The van der Waals surface area contributed by atoms with Gasteiger partial charge in [-0.1, -0.05) is 26.8 Å². The molecule has 4 nitrogen and oxygen atoms in total. The first-order chi connectivity index (χ1) is 9.06. The number of oxazole rings is 1. The lowest BCUT2D eigenvalue weighted by Crippen LogP contribution is -1.95. The van der Waals surface area contributed by atoms with E-state index >= 15 is 0 Å². The Morgan fingerprint density at radius 3 is 2.68 bits per heavy atom. The number of hydrogen-bond acceptors (Lipinski definition) is 4. The first kappa shape index (κ1) is 13.5. The number of ether oxygens (including phenoxy) is 1. The van der Waals surface area contributed by atoms with E-state index < -0.39 is 0 Å². The van der Waals surface area contributed by atoms with Crippen LogP contribution in [0.25, 0.3) is 11.3 Å². The Morgan fingerprint density at radius 1 is 1.37 bits per heavy atom. The lowest BCUT2D eigenvalue weighted by Gasteiger charge is -2.10. The molecule has 0 atom stereocenters. The Kier molecular flexibility index (Phi) is 3.79. The average molecular weight is 260 g/mol. The van der Waals surface area contributed by atoms with Crippen LogP contribution in [0.1, 0.15) is 37.9 Å². The van der Waals surface area contributed by atoms with Gasteiger partial charge in [-0.2, -0.15) is 4.98 Å². The van der Waals surface area contributed by atoms with Crippen LogP contribution in [-0.4, -0.2) is 12.1 Å². The van der Waals surface area contributed by atoms with Crippen molar-refractivity contribution in [2.45, 2.75) is 33.1 Å². The van der Waals surface area contributed by atoms with Crippen LogP contribution in [0.3, 0.4) is 0 Å². The topological polar surface area (TPSA) is 61.3 Å². The Bertz CT molecular complexity index is 574.